The van der Waals surface area contributed by atoms with E-state index in [9.17, 15) is 0 Å². The Morgan fingerprint density at radius 2 is 2.05 bits per heavy atom. The molecule has 1 aromatic heterocycles. The third kappa shape index (κ3) is 5.46. The first-order valence-electron chi connectivity index (χ1n) is 6.46. The molecular formula is C12H19N5OS. The smallest absolute Gasteiger partial charge is 0.228 e. The lowest BCUT2D eigenvalue weighted by Crippen LogP contribution is -2.38. The molecule has 0 aliphatic carbocycles. The van der Waals surface area contributed by atoms with Crippen molar-refractivity contribution in [3.63, 3.8) is 0 Å². The minimum atomic E-state index is 0.521. The van der Waals surface area contributed by atoms with Gasteiger partial charge in [0.1, 0.15) is 0 Å². The summed E-state index contributed by atoms with van der Waals surface area (Å²) in [6.07, 6.45) is 4.41. The number of thiocarbonyl (C=S) groups is 1. The lowest BCUT2D eigenvalue weighted by Gasteiger charge is -2.26. The van der Waals surface area contributed by atoms with Gasteiger partial charge in [0, 0.05) is 32.0 Å². The molecule has 2 heterocycles. The molecule has 0 aromatic carbocycles. The molecule has 0 spiro atoms. The van der Waals surface area contributed by atoms with E-state index >= 15 is 0 Å². The molecule has 0 radical (unpaired) electrons. The summed E-state index contributed by atoms with van der Waals surface area (Å²) in [5, 5.41) is 6.66. The Morgan fingerprint density at radius 3 is 2.79 bits per heavy atom. The summed E-state index contributed by atoms with van der Waals surface area (Å²) in [5.41, 5.74) is 0. The van der Waals surface area contributed by atoms with Gasteiger partial charge in [0.2, 0.25) is 5.95 Å². The fourth-order valence-electron chi connectivity index (χ4n) is 1.84. The van der Waals surface area contributed by atoms with Gasteiger partial charge in [-0.15, -0.1) is 0 Å². The first-order chi connectivity index (χ1) is 9.34. The van der Waals surface area contributed by atoms with E-state index in [1.54, 1.807) is 18.5 Å². The number of ether oxygens (including phenoxy) is 1. The summed E-state index contributed by atoms with van der Waals surface area (Å²) in [4.78, 5) is 10.5. The van der Waals surface area contributed by atoms with Crippen LogP contribution in [0.25, 0.3) is 0 Å². The summed E-state index contributed by atoms with van der Waals surface area (Å²) in [6.45, 7) is 5.66. The highest BCUT2D eigenvalue weighted by molar-refractivity contribution is 7.80. The SMILES string of the molecule is S=C(NCCCN1CCOCC1)Nc1ncccn1. The number of morpholine rings is 1. The molecule has 6 nitrogen and oxygen atoms in total. The van der Waals surface area contributed by atoms with E-state index in [2.05, 4.69) is 25.5 Å². The van der Waals surface area contributed by atoms with Gasteiger partial charge in [-0.2, -0.15) is 0 Å². The number of nitrogens with zero attached hydrogens (tertiary/aromatic N) is 3. The normalized spacial score (nSPS) is 16.0. The fourth-order valence-corrected chi connectivity index (χ4v) is 2.03. The Labute approximate surface area is 118 Å². The summed E-state index contributed by atoms with van der Waals surface area (Å²) in [6, 6.07) is 1.77. The molecule has 0 unspecified atom stereocenters. The lowest BCUT2D eigenvalue weighted by molar-refractivity contribution is 0.0376. The third-order valence-electron chi connectivity index (χ3n) is 2.83. The lowest BCUT2D eigenvalue weighted by atomic mass is 10.3. The summed E-state index contributed by atoms with van der Waals surface area (Å²) in [7, 11) is 0. The highest BCUT2D eigenvalue weighted by Crippen LogP contribution is 1.97. The van der Waals surface area contributed by atoms with Crippen molar-refractivity contribution in [3.8, 4) is 0 Å². The maximum atomic E-state index is 5.31. The van der Waals surface area contributed by atoms with Gasteiger partial charge in [-0.05, 0) is 31.2 Å². The number of rotatable bonds is 5. The topological polar surface area (TPSA) is 62.3 Å². The standard InChI is InChI=1S/C12H19N5OS/c19-12(16-11-13-3-1-4-14-11)15-5-2-6-17-7-9-18-10-8-17/h1,3-4H,2,5-10H2,(H2,13,14,15,16,19). The van der Waals surface area contributed by atoms with Crippen LogP contribution in [-0.4, -0.2) is 59.4 Å². The second-order valence-corrected chi connectivity index (χ2v) is 4.67. The molecule has 7 heteroatoms. The maximum absolute atomic E-state index is 5.31. The molecule has 19 heavy (non-hydrogen) atoms. The van der Waals surface area contributed by atoms with Gasteiger partial charge >= 0.3 is 0 Å². The second kappa shape index (κ2) is 7.98. The average molecular weight is 281 g/mol. The van der Waals surface area contributed by atoms with Crippen LogP contribution in [-0.2, 0) is 4.74 Å². The van der Waals surface area contributed by atoms with Gasteiger partial charge in [-0.1, -0.05) is 0 Å². The number of nitrogens with one attached hydrogen (secondary N) is 2. The van der Waals surface area contributed by atoms with Crippen LogP contribution < -0.4 is 10.6 Å². The molecule has 1 aromatic rings. The van der Waals surface area contributed by atoms with Crippen LogP contribution >= 0.6 is 12.2 Å². The van der Waals surface area contributed by atoms with Crippen molar-refractivity contribution >= 4 is 23.3 Å². The van der Waals surface area contributed by atoms with Crippen LogP contribution in [0.5, 0.6) is 0 Å². The van der Waals surface area contributed by atoms with Crippen LogP contribution in [0.3, 0.4) is 0 Å². The van der Waals surface area contributed by atoms with Crippen LogP contribution in [0.4, 0.5) is 5.95 Å². The van der Waals surface area contributed by atoms with Gasteiger partial charge in [0.25, 0.3) is 0 Å². The maximum Gasteiger partial charge on any atom is 0.228 e. The Balaban J connectivity index is 1.56. The largest absolute Gasteiger partial charge is 0.379 e. The van der Waals surface area contributed by atoms with Crippen molar-refractivity contribution in [2.75, 3.05) is 44.7 Å². The summed E-state index contributed by atoms with van der Waals surface area (Å²) < 4.78 is 5.31. The van der Waals surface area contributed by atoms with Crippen molar-refractivity contribution in [2.24, 2.45) is 0 Å². The fraction of sp³-hybridized carbons (Fsp3) is 0.583. The molecule has 1 saturated heterocycles. The monoisotopic (exact) mass is 281 g/mol. The van der Waals surface area contributed by atoms with Crippen LogP contribution in [0.15, 0.2) is 18.5 Å². The zero-order chi connectivity index (χ0) is 13.3. The van der Waals surface area contributed by atoms with E-state index in [0.717, 1.165) is 45.8 Å². The van der Waals surface area contributed by atoms with E-state index in [-0.39, 0.29) is 0 Å². The minimum absolute atomic E-state index is 0.521. The van der Waals surface area contributed by atoms with E-state index in [1.165, 1.54) is 0 Å². The Kier molecular flexibility index (Phi) is 5.93. The van der Waals surface area contributed by atoms with Crippen molar-refractivity contribution in [1.29, 1.82) is 0 Å². The quantitative estimate of drug-likeness (QED) is 0.601. The zero-order valence-corrected chi connectivity index (χ0v) is 11.7. The zero-order valence-electron chi connectivity index (χ0n) is 10.8. The van der Waals surface area contributed by atoms with E-state index < -0.39 is 0 Å². The molecule has 1 fully saturated rings. The molecule has 1 aliphatic heterocycles. The van der Waals surface area contributed by atoms with Crippen molar-refractivity contribution in [3.05, 3.63) is 18.5 Å². The van der Waals surface area contributed by atoms with E-state index in [1.807, 2.05) is 0 Å². The molecule has 104 valence electrons. The summed E-state index contributed by atoms with van der Waals surface area (Å²) in [5.74, 6) is 0.521. The van der Waals surface area contributed by atoms with Gasteiger partial charge in [0.15, 0.2) is 5.11 Å². The van der Waals surface area contributed by atoms with Gasteiger partial charge in [0.05, 0.1) is 13.2 Å². The van der Waals surface area contributed by atoms with E-state index in [0.29, 0.717) is 11.1 Å². The first-order valence-corrected chi connectivity index (χ1v) is 6.87. The second-order valence-electron chi connectivity index (χ2n) is 4.26. The Hall–Kier alpha value is -1.31. The Bertz CT molecular complexity index is 383. The van der Waals surface area contributed by atoms with Gasteiger partial charge < -0.3 is 15.4 Å². The number of hydrogen-bond acceptors (Lipinski definition) is 5. The van der Waals surface area contributed by atoms with Crippen LogP contribution in [0.2, 0.25) is 0 Å². The number of aromatic nitrogens is 2. The third-order valence-corrected chi connectivity index (χ3v) is 3.08. The van der Waals surface area contributed by atoms with Crippen molar-refractivity contribution in [2.45, 2.75) is 6.42 Å². The number of anilines is 1. The Morgan fingerprint density at radius 1 is 1.32 bits per heavy atom. The highest BCUT2D eigenvalue weighted by atomic mass is 32.1. The predicted molar refractivity (Wildman–Crippen MR) is 78.1 cm³/mol. The van der Waals surface area contributed by atoms with Crippen LogP contribution in [0.1, 0.15) is 6.42 Å². The van der Waals surface area contributed by atoms with E-state index in [4.69, 9.17) is 17.0 Å². The van der Waals surface area contributed by atoms with Crippen LogP contribution in [0, 0.1) is 0 Å². The molecule has 0 saturated carbocycles. The molecule has 2 rings (SSSR count). The summed E-state index contributed by atoms with van der Waals surface area (Å²) >= 11 is 5.17. The first kappa shape index (κ1) is 14.1. The van der Waals surface area contributed by atoms with Crippen molar-refractivity contribution < 1.29 is 4.74 Å². The number of hydrogen-bond donors (Lipinski definition) is 2. The molecular weight excluding hydrogens is 262 g/mol. The minimum Gasteiger partial charge on any atom is -0.379 e. The van der Waals surface area contributed by atoms with Gasteiger partial charge in [-0.3, -0.25) is 4.90 Å². The highest BCUT2D eigenvalue weighted by Gasteiger charge is 2.09. The molecule has 0 bridgehead atoms. The van der Waals surface area contributed by atoms with Gasteiger partial charge in [-0.25, -0.2) is 9.97 Å². The predicted octanol–water partition coefficient (Wildman–Crippen LogP) is 0.485. The molecule has 1 aliphatic rings. The average Bonchev–Trinajstić information content (AvgIpc) is 2.46. The molecule has 0 amide bonds. The molecule has 2 N–H and O–H groups in total. The van der Waals surface area contributed by atoms with Crippen molar-refractivity contribution in [1.82, 2.24) is 20.2 Å². The molecule has 0 atom stereocenters.